The fraction of sp³-hybridized carbons (Fsp3) is 0. The number of benzene rings is 7. The molecule has 0 amide bonds. The van der Waals surface area contributed by atoms with Gasteiger partial charge in [-0.3, -0.25) is 0 Å². The zero-order valence-electron chi connectivity index (χ0n) is 21.8. The van der Waals surface area contributed by atoms with Crippen LogP contribution in [0.5, 0.6) is 0 Å². The van der Waals surface area contributed by atoms with Gasteiger partial charge in [0, 0.05) is 39.1 Å². The molecule has 0 saturated carbocycles. The molecular weight excluding hydrogens is 484 g/mol. The highest BCUT2D eigenvalue weighted by atomic mass is 15.0. The molecule has 9 aromatic rings. The van der Waals surface area contributed by atoms with Gasteiger partial charge in [0.2, 0.25) is 0 Å². The Morgan fingerprint density at radius 3 is 1.88 bits per heavy atom. The van der Waals surface area contributed by atoms with Crippen molar-refractivity contribution >= 4 is 54.3 Å². The van der Waals surface area contributed by atoms with E-state index in [1.165, 1.54) is 76.8 Å². The molecule has 0 atom stereocenters. The molecule has 9 rings (SSSR count). The molecule has 0 fully saturated rings. The maximum Gasteiger partial charge on any atom is 0.0614 e. The zero-order chi connectivity index (χ0) is 26.2. The molecular formula is C38H24N2. The lowest BCUT2D eigenvalue weighted by Crippen LogP contribution is -1.93. The van der Waals surface area contributed by atoms with E-state index in [0.29, 0.717) is 0 Å². The van der Waals surface area contributed by atoms with Gasteiger partial charge in [-0.15, -0.1) is 0 Å². The van der Waals surface area contributed by atoms with Gasteiger partial charge in [-0.1, -0.05) is 91.0 Å². The van der Waals surface area contributed by atoms with Gasteiger partial charge in [0.15, 0.2) is 0 Å². The van der Waals surface area contributed by atoms with Gasteiger partial charge in [0.25, 0.3) is 0 Å². The van der Waals surface area contributed by atoms with Gasteiger partial charge in [-0.2, -0.15) is 0 Å². The fourth-order valence-corrected chi connectivity index (χ4v) is 6.71. The quantitative estimate of drug-likeness (QED) is 0.210. The van der Waals surface area contributed by atoms with Crippen LogP contribution < -0.4 is 0 Å². The highest BCUT2D eigenvalue weighted by Crippen LogP contribution is 2.44. The van der Waals surface area contributed by atoms with Crippen LogP contribution >= 0.6 is 0 Å². The number of hydrogen-bond acceptors (Lipinski definition) is 0. The molecule has 186 valence electrons. The Morgan fingerprint density at radius 1 is 0.400 bits per heavy atom. The highest BCUT2D eigenvalue weighted by molar-refractivity contribution is 6.34. The van der Waals surface area contributed by atoms with Crippen molar-refractivity contribution in [2.45, 2.75) is 0 Å². The van der Waals surface area contributed by atoms with E-state index in [1.54, 1.807) is 0 Å². The van der Waals surface area contributed by atoms with Crippen LogP contribution in [0.15, 0.2) is 146 Å². The molecule has 0 saturated heterocycles. The molecule has 2 aromatic heterocycles. The van der Waals surface area contributed by atoms with Gasteiger partial charge in [0.05, 0.1) is 16.6 Å². The first-order chi connectivity index (χ1) is 19.8. The predicted molar refractivity (Wildman–Crippen MR) is 169 cm³/mol. The number of nitrogens with zero attached hydrogens (tertiary/aromatic N) is 2. The SMILES string of the molecule is c1ccc(-n2ccc3c4cccc5c4c4c(cccc4n5-c4ccc(-c5ccc6ccccc6c5)cc4)c32)cc1. The first-order valence-corrected chi connectivity index (χ1v) is 13.8. The highest BCUT2D eigenvalue weighted by Gasteiger charge is 2.21. The van der Waals surface area contributed by atoms with Crippen LogP contribution in [0.2, 0.25) is 0 Å². The Labute approximate surface area is 231 Å². The zero-order valence-corrected chi connectivity index (χ0v) is 21.8. The first-order valence-electron chi connectivity index (χ1n) is 13.8. The van der Waals surface area contributed by atoms with Gasteiger partial charge < -0.3 is 9.13 Å². The molecule has 0 aliphatic rings. The summed E-state index contributed by atoms with van der Waals surface area (Å²) in [5.41, 5.74) is 8.58. The molecule has 0 radical (unpaired) electrons. The summed E-state index contributed by atoms with van der Waals surface area (Å²) < 4.78 is 4.77. The van der Waals surface area contributed by atoms with Crippen molar-refractivity contribution in [2.24, 2.45) is 0 Å². The van der Waals surface area contributed by atoms with Crippen LogP contribution in [-0.4, -0.2) is 9.13 Å². The molecule has 0 aliphatic heterocycles. The maximum absolute atomic E-state index is 2.43. The van der Waals surface area contributed by atoms with Gasteiger partial charge in [-0.05, 0) is 75.8 Å². The first kappa shape index (κ1) is 21.6. The van der Waals surface area contributed by atoms with E-state index >= 15 is 0 Å². The standard InChI is InChI=1S/C38H24N2/c1-2-10-29(11-3-1)39-23-22-32-31-12-6-14-34-36(31)37-33(38(32)39)13-7-15-35(37)40(34)30-20-18-26(19-21-30)28-17-16-25-8-4-5-9-27(25)24-28/h1-24H. The molecule has 2 heteroatoms. The van der Waals surface area contributed by atoms with Gasteiger partial charge in [0.1, 0.15) is 0 Å². The topological polar surface area (TPSA) is 9.86 Å². The van der Waals surface area contributed by atoms with E-state index in [4.69, 9.17) is 0 Å². The monoisotopic (exact) mass is 508 g/mol. The number of para-hydroxylation sites is 1. The third-order valence-electron chi connectivity index (χ3n) is 8.49. The van der Waals surface area contributed by atoms with E-state index in [-0.39, 0.29) is 0 Å². The normalized spacial score (nSPS) is 12.0. The summed E-state index contributed by atoms with van der Waals surface area (Å²) >= 11 is 0. The third-order valence-corrected chi connectivity index (χ3v) is 8.49. The molecule has 0 bridgehead atoms. The Kier molecular flexibility index (Phi) is 4.36. The second kappa shape index (κ2) is 8.08. The van der Waals surface area contributed by atoms with Gasteiger partial charge >= 0.3 is 0 Å². The Bertz CT molecular complexity index is 2350. The van der Waals surface area contributed by atoms with Crippen LogP contribution in [0.1, 0.15) is 0 Å². The van der Waals surface area contributed by atoms with E-state index in [0.717, 1.165) is 0 Å². The molecule has 2 heterocycles. The summed E-state index contributed by atoms with van der Waals surface area (Å²) in [6, 6.07) is 50.7. The van der Waals surface area contributed by atoms with Crippen LogP contribution in [0.3, 0.4) is 0 Å². The van der Waals surface area contributed by atoms with Crippen molar-refractivity contribution in [1.82, 2.24) is 9.13 Å². The van der Waals surface area contributed by atoms with Crippen molar-refractivity contribution in [3.8, 4) is 22.5 Å². The second-order valence-electron chi connectivity index (χ2n) is 10.6. The lowest BCUT2D eigenvalue weighted by molar-refractivity contribution is 1.13. The van der Waals surface area contributed by atoms with Gasteiger partial charge in [-0.25, -0.2) is 0 Å². The fourth-order valence-electron chi connectivity index (χ4n) is 6.71. The maximum atomic E-state index is 2.43. The van der Waals surface area contributed by atoms with Crippen molar-refractivity contribution < 1.29 is 0 Å². The van der Waals surface area contributed by atoms with Crippen LogP contribution in [0.25, 0.3) is 76.8 Å². The molecule has 0 N–H and O–H groups in total. The molecule has 0 spiro atoms. The van der Waals surface area contributed by atoms with E-state index < -0.39 is 0 Å². The van der Waals surface area contributed by atoms with E-state index in [1.807, 2.05) is 0 Å². The largest absolute Gasteiger partial charge is 0.316 e. The smallest absolute Gasteiger partial charge is 0.0614 e. The summed E-state index contributed by atoms with van der Waals surface area (Å²) in [7, 11) is 0. The Balaban J connectivity index is 1.28. The molecule has 0 unspecified atom stereocenters. The summed E-state index contributed by atoms with van der Waals surface area (Å²) in [5.74, 6) is 0. The summed E-state index contributed by atoms with van der Waals surface area (Å²) in [5, 5.41) is 9.09. The van der Waals surface area contributed by atoms with Crippen molar-refractivity contribution in [2.75, 3.05) is 0 Å². The lowest BCUT2D eigenvalue weighted by Gasteiger charge is -2.10. The predicted octanol–water partition coefficient (Wildman–Crippen LogP) is 10.1. The van der Waals surface area contributed by atoms with Crippen molar-refractivity contribution in [1.29, 1.82) is 0 Å². The number of rotatable bonds is 3. The average molecular weight is 509 g/mol. The van der Waals surface area contributed by atoms with Crippen LogP contribution in [-0.2, 0) is 0 Å². The van der Waals surface area contributed by atoms with E-state index in [9.17, 15) is 0 Å². The van der Waals surface area contributed by atoms with Crippen molar-refractivity contribution in [3.63, 3.8) is 0 Å². The van der Waals surface area contributed by atoms with E-state index in [2.05, 4.69) is 155 Å². The average Bonchev–Trinajstić information content (AvgIpc) is 3.62. The Morgan fingerprint density at radius 2 is 1.07 bits per heavy atom. The van der Waals surface area contributed by atoms with Crippen molar-refractivity contribution in [3.05, 3.63) is 146 Å². The lowest BCUT2D eigenvalue weighted by atomic mass is 9.98. The minimum atomic E-state index is 1.18. The molecule has 40 heavy (non-hydrogen) atoms. The number of aromatic nitrogens is 2. The Hall–Kier alpha value is -5.34. The third kappa shape index (κ3) is 2.93. The molecule has 2 nitrogen and oxygen atoms in total. The summed E-state index contributed by atoms with van der Waals surface area (Å²) in [6.07, 6.45) is 2.21. The minimum Gasteiger partial charge on any atom is -0.316 e. The molecule has 0 aliphatic carbocycles. The molecule has 7 aromatic carbocycles. The minimum absolute atomic E-state index is 1.18. The second-order valence-corrected chi connectivity index (χ2v) is 10.6. The number of hydrogen-bond donors (Lipinski definition) is 0. The van der Waals surface area contributed by atoms with Crippen LogP contribution in [0.4, 0.5) is 0 Å². The van der Waals surface area contributed by atoms with Crippen LogP contribution in [0, 0.1) is 0 Å². The summed E-state index contributed by atoms with van der Waals surface area (Å²) in [6.45, 7) is 0. The summed E-state index contributed by atoms with van der Waals surface area (Å²) in [4.78, 5) is 0. The number of fused-ring (bicyclic) bond motifs is 4.